The van der Waals surface area contributed by atoms with Crippen molar-refractivity contribution >= 4 is 18.3 Å². The number of nitrogens with zero attached hydrogens (tertiary/aromatic N) is 3. The SMILES string of the molecule is O=C(NC[C@H]1[C@H]2C[C@H](CN(Cc3ccn[nH]3)C2)[C@@H]2CCCC(=O)N21)c1ccc[nH]1.O=CO. The lowest BCUT2D eigenvalue weighted by Gasteiger charge is -2.56. The maximum Gasteiger partial charge on any atom is 0.290 e. The molecular formula is C22H30N6O4. The van der Waals surface area contributed by atoms with Crippen molar-refractivity contribution in [2.45, 2.75) is 44.3 Å². The van der Waals surface area contributed by atoms with E-state index in [1.165, 1.54) is 0 Å². The number of carbonyl (C=O) groups excluding carboxylic acids is 2. The van der Waals surface area contributed by atoms with Gasteiger partial charge in [-0.15, -0.1) is 0 Å². The number of amides is 2. The topological polar surface area (TPSA) is 134 Å². The predicted octanol–water partition coefficient (Wildman–Crippen LogP) is 1.07. The first-order valence-corrected chi connectivity index (χ1v) is 11.1. The van der Waals surface area contributed by atoms with Crippen molar-refractivity contribution in [3.05, 3.63) is 42.0 Å². The van der Waals surface area contributed by atoms with Crippen molar-refractivity contribution in [2.24, 2.45) is 11.8 Å². The zero-order valence-corrected chi connectivity index (χ0v) is 17.9. The molecule has 0 saturated carbocycles. The van der Waals surface area contributed by atoms with Crippen molar-refractivity contribution in [1.82, 2.24) is 30.3 Å². The summed E-state index contributed by atoms with van der Waals surface area (Å²) in [4.78, 5) is 41.3. The van der Waals surface area contributed by atoms with Crippen molar-refractivity contribution < 1.29 is 19.5 Å². The summed E-state index contributed by atoms with van der Waals surface area (Å²) >= 11 is 0. The van der Waals surface area contributed by atoms with Crippen molar-refractivity contribution in [2.75, 3.05) is 19.6 Å². The Morgan fingerprint density at radius 2 is 2.12 bits per heavy atom. The van der Waals surface area contributed by atoms with Crippen LogP contribution in [0.2, 0.25) is 0 Å². The molecule has 172 valence electrons. The van der Waals surface area contributed by atoms with Gasteiger partial charge in [0.2, 0.25) is 5.91 Å². The van der Waals surface area contributed by atoms with E-state index < -0.39 is 0 Å². The highest BCUT2D eigenvalue weighted by atomic mass is 16.3. The van der Waals surface area contributed by atoms with Gasteiger partial charge in [0.25, 0.3) is 12.4 Å². The number of carbonyl (C=O) groups is 3. The molecule has 2 aromatic heterocycles. The summed E-state index contributed by atoms with van der Waals surface area (Å²) in [7, 11) is 0. The molecule has 0 radical (unpaired) electrons. The molecule has 3 aliphatic rings. The number of rotatable bonds is 5. The Labute approximate surface area is 186 Å². The Morgan fingerprint density at radius 3 is 2.84 bits per heavy atom. The predicted molar refractivity (Wildman–Crippen MR) is 116 cm³/mol. The van der Waals surface area contributed by atoms with E-state index in [-0.39, 0.29) is 24.3 Å². The minimum atomic E-state index is -0.250. The third-order valence-electron chi connectivity index (χ3n) is 6.84. The third-order valence-corrected chi connectivity index (χ3v) is 6.84. The molecule has 32 heavy (non-hydrogen) atoms. The van der Waals surface area contributed by atoms with Crippen LogP contribution < -0.4 is 5.32 Å². The summed E-state index contributed by atoms with van der Waals surface area (Å²) in [5, 5.41) is 17.1. The van der Waals surface area contributed by atoms with Gasteiger partial charge in [-0.05, 0) is 49.3 Å². The molecule has 2 amide bonds. The summed E-state index contributed by atoms with van der Waals surface area (Å²) in [5.74, 6) is 1.04. The van der Waals surface area contributed by atoms with Gasteiger partial charge in [0, 0.05) is 56.7 Å². The number of likely N-dealkylation sites (tertiary alicyclic amines) is 1. The van der Waals surface area contributed by atoms with Crippen LogP contribution in [0.25, 0.3) is 0 Å². The first-order valence-electron chi connectivity index (χ1n) is 11.1. The minimum Gasteiger partial charge on any atom is -0.483 e. The van der Waals surface area contributed by atoms with Crippen LogP contribution in [-0.2, 0) is 16.1 Å². The van der Waals surface area contributed by atoms with Gasteiger partial charge >= 0.3 is 0 Å². The Kier molecular flexibility index (Phi) is 6.89. The van der Waals surface area contributed by atoms with Crippen molar-refractivity contribution in [3.63, 3.8) is 0 Å². The molecule has 5 heterocycles. The number of H-pyrrole nitrogens is 2. The standard InChI is InChI=1S/C21H28N6O2.CH2O2/c28-20-5-1-4-18-14-9-15(12-26(11-14)13-16-6-8-24-25-16)19(27(18)20)10-23-21(29)17-3-2-7-22-17;2-1-3/h2-3,6-8,14-15,18-19,22H,1,4-5,9-13H2,(H,23,29)(H,24,25);1H,(H,2,3)/t14-,15+,18+,19+;/m1./s1. The lowest BCUT2D eigenvalue weighted by Crippen LogP contribution is -2.67. The van der Waals surface area contributed by atoms with E-state index in [1.54, 1.807) is 18.5 Å². The maximum atomic E-state index is 12.9. The van der Waals surface area contributed by atoms with Crippen LogP contribution in [0.3, 0.4) is 0 Å². The van der Waals surface area contributed by atoms with Gasteiger partial charge < -0.3 is 20.3 Å². The summed E-state index contributed by atoms with van der Waals surface area (Å²) in [6.45, 7) is 3.07. The Bertz CT molecular complexity index is 900. The Morgan fingerprint density at radius 1 is 1.31 bits per heavy atom. The minimum absolute atomic E-state index is 0.0625. The highest BCUT2D eigenvalue weighted by Gasteiger charge is 2.49. The number of aromatic amines is 2. The molecule has 0 aromatic carbocycles. The van der Waals surface area contributed by atoms with Gasteiger partial charge in [-0.25, -0.2) is 0 Å². The maximum absolute atomic E-state index is 12.9. The largest absolute Gasteiger partial charge is 0.483 e. The van der Waals surface area contributed by atoms with Crippen LogP contribution in [0.5, 0.6) is 0 Å². The molecule has 2 aromatic rings. The van der Waals surface area contributed by atoms with Gasteiger partial charge in [0.15, 0.2) is 0 Å². The molecule has 4 atom stereocenters. The monoisotopic (exact) mass is 442 g/mol. The van der Waals surface area contributed by atoms with E-state index in [0.717, 1.165) is 44.6 Å². The first-order chi connectivity index (χ1) is 15.6. The molecule has 0 spiro atoms. The molecule has 3 aliphatic heterocycles. The average Bonchev–Trinajstić information content (AvgIpc) is 3.49. The van der Waals surface area contributed by atoms with Crippen LogP contribution >= 0.6 is 0 Å². The molecule has 0 aliphatic carbocycles. The van der Waals surface area contributed by atoms with Gasteiger partial charge in [-0.2, -0.15) is 5.10 Å². The first kappa shape index (κ1) is 22.1. The second-order valence-electron chi connectivity index (χ2n) is 8.76. The molecule has 2 bridgehead atoms. The molecule has 10 heteroatoms. The van der Waals surface area contributed by atoms with E-state index in [1.807, 2.05) is 12.1 Å². The smallest absolute Gasteiger partial charge is 0.290 e. The molecule has 3 saturated heterocycles. The van der Waals surface area contributed by atoms with Gasteiger partial charge in [0.1, 0.15) is 5.69 Å². The fourth-order valence-electron chi connectivity index (χ4n) is 5.64. The number of fused-ring (bicyclic) bond motifs is 4. The summed E-state index contributed by atoms with van der Waals surface area (Å²) in [5.41, 5.74) is 1.68. The molecule has 10 nitrogen and oxygen atoms in total. The van der Waals surface area contributed by atoms with Crippen LogP contribution in [0.1, 0.15) is 41.9 Å². The highest BCUT2D eigenvalue weighted by Crippen LogP contribution is 2.41. The van der Waals surface area contributed by atoms with Crippen LogP contribution in [0, 0.1) is 11.8 Å². The number of carboxylic acid groups (broad SMARTS) is 1. The molecular weight excluding hydrogens is 412 g/mol. The fraction of sp³-hybridized carbons (Fsp3) is 0.545. The van der Waals surface area contributed by atoms with Crippen LogP contribution in [0.4, 0.5) is 0 Å². The number of aromatic nitrogens is 3. The second kappa shape index (κ2) is 9.99. The fourth-order valence-corrected chi connectivity index (χ4v) is 5.64. The van der Waals surface area contributed by atoms with E-state index in [0.29, 0.717) is 36.5 Å². The van der Waals surface area contributed by atoms with Gasteiger partial charge in [-0.1, -0.05) is 0 Å². The van der Waals surface area contributed by atoms with Gasteiger partial charge in [0.05, 0.1) is 6.04 Å². The Balaban J connectivity index is 0.000000775. The summed E-state index contributed by atoms with van der Waals surface area (Å²) < 4.78 is 0. The number of hydrogen-bond acceptors (Lipinski definition) is 5. The quantitative estimate of drug-likeness (QED) is 0.512. The Hall–Kier alpha value is -3.14. The normalized spacial score (nSPS) is 27.1. The number of nitrogens with one attached hydrogen (secondary N) is 3. The molecule has 5 rings (SSSR count). The lowest BCUT2D eigenvalue weighted by molar-refractivity contribution is -0.152. The molecule has 4 N–H and O–H groups in total. The summed E-state index contributed by atoms with van der Waals surface area (Å²) in [6, 6.07) is 5.97. The van der Waals surface area contributed by atoms with Gasteiger partial charge in [-0.3, -0.25) is 24.4 Å². The average molecular weight is 443 g/mol. The van der Waals surface area contributed by atoms with Crippen molar-refractivity contribution in [3.8, 4) is 0 Å². The zero-order valence-electron chi connectivity index (χ0n) is 17.9. The zero-order chi connectivity index (χ0) is 22.5. The van der Waals surface area contributed by atoms with Crippen LogP contribution in [-0.4, -0.2) is 80.1 Å². The number of hydrogen-bond donors (Lipinski definition) is 4. The van der Waals surface area contributed by atoms with Crippen molar-refractivity contribution in [1.29, 1.82) is 0 Å². The van der Waals surface area contributed by atoms with E-state index in [9.17, 15) is 9.59 Å². The summed E-state index contributed by atoms with van der Waals surface area (Å²) in [6.07, 6.45) is 7.36. The van der Waals surface area contributed by atoms with E-state index in [2.05, 4.69) is 30.3 Å². The second-order valence-corrected chi connectivity index (χ2v) is 8.76. The molecule has 3 fully saturated rings. The number of piperidine rings is 3. The van der Waals surface area contributed by atoms with Crippen LogP contribution in [0.15, 0.2) is 30.6 Å². The highest BCUT2D eigenvalue weighted by molar-refractivity contribution is 5.92. The van der Waals surface area contributed by atoms with E-state index >= 15 is 0 Å². The van der Waals surface area contributed by atoms with E-state index in [4.69, 9.17) is 9.90 Å². The molecule has 0 unspecified atom stereocenters. The lowest BCUT2D eigenvalue weighted by atomic mass is 9.72. The third kappa shape index (κ3) is 4.69.